The van der Waals surface area contributed by atoms with E-state index in [2.05, 4.69) is 40.9 Å². The van der Waals surface area contributed by atoms with Crippen LogP contribution >= 0.6 is 0 Å². The van der Waals surface area contributed by atoms with Gasteiger partial charge in [0.25, 0.3) is 0 Å². The van der Waals surface area contributed by atoms with Crippen molar-refractivity contribution >= 4 is 16.8 Å². The number of urea groups is 1. The molecule has 1 N–H and O–H groups in total. The van der Waals surface area contributed by atoms with Gasteiger partial charge in [0, 0.05) is 38.8 Å². The van der Waals surface area contributed by atoms with Gasteiger partial charge in [-0.1, -0.05) is 42.5 Å². The molecule has 0 spiro atoms. The molecular weight excluding hydrogens is 324 g/mol. The summed E-state index contributed by atoms with van der Waals surface area (Å²) < 4.78 is 1.83. The predicted octanol–water partition coefficient (Wildman–Crippen LogP) is 3.66. The second-order valence-electron chi connectivity index (χ2n) is 7.03. The standard InChI is InChI=1S/C21H24N4O/c1-24-14-19(13-23-24)18-9-5-11-25(15-18)21(26)22-12-17-8-4-7-16-6-2-3-10-20(16)17/h2-4,6-8,10,13-14,18H,5,9,11-12,15H2,1H3,(H,22,26). The van der Waals surface area contributed by atoms with E-state index >= 15 is 0 Å². The van der Waals surface area contributed by atoms with E-state index in [4.69, 9.17) is 0 Å². The molecule has 0 saturated carbocycles. The van der Waals surface area contributed by atoms with Crippen molar-refractivity contribution in [3.63, 3.8) is 0 Å². The van der Waals surface area contributed by atoms with Gasteiger partial charge in [-0.2, -0.15) is 5.10 Å². The predicted molar refractivity (Wildman–Crippen MR) is 103 cm³/mol. The summed E-state index contributed by atoms with van der Waals surface area (Å²) in [5.74, 6) is 0.376. The lowest BCUT2D eigenvalue weighted by molar-refractivity contribution is 0.179. The number of amides is 2. The van der Waals surface area contributed by atoms with Crippen LogP contribution in [0.5, 0.6) is 0 Å². The van der Waals surface area contributed by atoms with Crippen LogP contribution in [-0.2, 0) is 13.6 Å². The zero-order valence-electron chi connectivity index (χ0n) is 15.1. The van der Waals surface area contributed by atoms with Crippen LogP contribution in [0.1, 0.15) is 29.9 Å². The molecule has 1 fully saturated rings. The minimum absolute atomic E-state index is 0.0199. The fourth-order valence-electron chi connectivity index (χ4n) is 3.81. The highest BCUT2D eigenvalue weighted by molar-refractivity contribution is 5.86. The number of piperidine rings is 1. The molecule has 0 bridgehead atoms. The molecule has 2 heterocycles. The van der Waals surface area contributed by atoms with Crippen molar-refractivity contribution in [2.75, 3.05) is 13.1 Å². The maximum atomic E-state index is 12.7. The zero-order valence-corrected chi connectivity index (χ0v) is 15.1. The van der Waals surface area contributed by atoms with E-state index in [1.54, 1.807) is 0 Å². The highest BCUT2D eigenvalue weighted by Crippen LogP contribution is 2.26. The number of hydrogen-bond donors (Lipinski definition) is 1. The number of benzene rings is 2. The molecule has 1 aromatic heterocycles. The third kappa shape index (κ3) is 3.43. The fraction of sp³-hybridized carbons (Fsp3) is 0.333. The first-order valence-corrected chi connectivity index (χ1v) is 9.18. The Hall–Kier alpha value is -2.82. The number of aryl methyl sites for hydroxylation is 1. The highest BCUT2D eigenvalue weighted by atomic mass is 16.2. The molecule has 2 aromatic carbocycles. The Morgan fingerprint density at radius 3 is 2.92 bits per heavy atom. The van der Waals surface area contributed by atoms with Crippen molar-refractivity contribution in [2.24, 2.45) is 7.05 Å². The second-order valence-corrected chi connectivity index (χ2v) is 7.03. The molecule has 5 heteroatoms. The molecule has 1 atom stereocenters. The Bertz CT molecular complexity index is 912. The Kier molecular flexibility index (Phi) is 4.61. The van der Waals surface area contributed by atoms with E-state index in [9.17, 15) is 4.79 Å². The summed E-state index contributed by atoms with van der Waals surface area (Å²) in [4.78, 5) is 14.6. The van der Waals surface area contributed by atoms with Gasteiger partial charge < -0.3 is 10.2 Å². The van der Waals surface area contributed by atoms with Gasteiger partial charge in [0.1, 0.15) is 0 Å². The van der Waals surface area contributed by atoms with Gasteiger partial charge in [-0.15, -0.1) is 0 Å². The summed E-state index contributed by atoms with van der Waals surface area (Å²) in [6, 6.07) is 14.5. The molecule has 5 nitrogen and oxygen atoms in total. The van der Waals surface area contributed by atoms with Crippen molar-refractivity contribution < 1.29 is 4.79 Å². The lowest BCUT2D eigenvalue weighted by atomic mass is 9.93. The van der Waals surface area contributed by atoms with E-state index < -0.39 is 0 Å². The molecule has 4 rings (SSSR count). The van der Waals surface area contributed by atoms with Crippen LogP contribution in [0.25, 0.3) is 10.8 Å². The Labute approximate surface area is 153 Å². The lowest BCUT2D eigenvalue weighted by Crippen LogP contribution is -2.44. The van der Waals surface area contributed by atoms with Gasteiger partial charge in [0.15, 0.2) is 0 Å². The summed E-state index contributed by atoms with van der Waals surface area (Å²) in [6.07, 6.45) is 6.12. The molecule has 0 radical (unpaired) electrons. The number of nitrogens with one attached hydrogen (secondary N) is 1. The first-order chi connectivity index (χ1) is 12.7. The van der Waals surface area contributed by atoms with E-state index in [0.717, 1.165) is 31.5 Å². The van der Waals surface area contributed by atoms with Crippen molar-refractivity contribution in [1.82, 2.24) is 20.0 Å². The number of fused-ring (bicyclic) bond motifs is 1. The Morgan fingerprint density at radius 2 is 2.08 bits per heavy atom. The number of carbonyl (C=O) groups is 1. The summed E-state index contributed by atoms with van der Waals surface area (Å²) in [6.45, 7) is 2.12. The van der Waals surface area contributed by atoms with E-state index in [0.29, 0.717) is 12.5 Å². The molecule has 1 saturated heterocycles. The smallest absolute Gasteiger partial charge is 0.317 e. The Balaban J connectivity index is 1.41. The van der Waals surface area contributed by atoms with Crippen molar-refractivity contribution in [1.29, 1.82) is 0 Å². The third-order valence-corrected chi connectivity index (χ3v) is 5.21. The number of carbonyl (C=O) groups excluding carboxylic acids is 1. The van der Waals surface area contributed by atoms with Gasteiger partial charge >= 0.3 is 6.03 Å². The first kappa shape index (κ1) is 16.6. The number of likely N-dealkylation sites (tertiary alicyclic amines) is 1. The van der Waals surface area contributed by atoms with Gasteiger partial charge in [-0.05, 0) is 34.7 Å². The third-order valence-electron chi connectivity index (χ3n) is 5.21. The molecule has 26 heavy (non-hydrogen) atoms. The molecule has 1 aliphatic rings. The van der Waals surface area contributed by atoms with Crippen LogP contribution in [0.15, 0.2) is 54.9 Å². The summed E-state index contributed by atoms with van der Waals surface area (Å²) in [7, 11) is 1.93. The van der Waals surface area contributed by atoms with Gasteiger partial charge in [-0.3, -0.25) is 4.68 Å². The van der Waals surface area contributed by atoms with Crippen LogP contribution in [0.3, 0.4) is 0 Å². The maximum absolute atomic E-state index is 12.7. The number of hydrogen-bond acceptors (Lipinski definition) is 2. The summed E-state index contributed by atoms with van der Waals surface area (Å²) >= 11 is 0. The lowest BCUT2D eigenvalue weighted by Gasteiger charge is -2.32. The second kappa shape index (κ2) is 7.20. The molecule has 134 valence electrons. The fourth-order valence-corrected chi connectivity index (χ4v) is 3.81. The number of aromatic nitrogens is 2. The van der Waals surface area contributed by atoms with Gasteiger partial charge in [0.05, 0.1) is 6.20 Å². The summed E-state index contributed by atoms with van der Waals surface area (Å²) in [5, 5.41) is 9.77. The molecule has 1 unspecified atom stereocenters. The van der Waals surface area contributed by atoms with E-state index in [1.807, 2.05) is 41.0 Å². The molecular formula is C21H24N4O. The van der Waals surface area contributed by atoms with Crippen molar-refractivity contribution in [3.8, 4) is 0 Å². The largest absolute Gasteiger partial charge is 0.334 e. The monoisotopic (exact) mass is 348 g/mol. The van der Waals surface area contributed by atoms with Crippen molar-refractivity contribution in [2.45, 2.75) is 25.3 Å². The number of rotatable bonds is 3. The average molecular weight is 348 g/mol. The van der Waals surface area contributed by atoms with Gasteiger partial charge in [0.2, 0.25) is 0 Å². The normalized spacial score (nSPS) is 17.4. The van der Waals surface area contributed by atoms with Crippen LogP contribution in [-0.4, -0.2) is 33.8 Å². The van der Waals surface area contributed by atoms with Crippen LogP contribution in [0.2, 0.25) is 0 Å². The van der Waals surface area contributed by atoms with Crippen LogP contribution in [0.4, 0.5) is 4.79 Å². The maximum Gasteiger partial charge on any atom is 0.317 e. The average Bonchev–Trinajstić information content (AvgIpc) is 3.12. The van der Waals surface area contributed by atoms with Gasteiger partial charge in [-0.25, -0.2) is 4.79 Å². The minimum atomic E-state index is 0.0199. The Morgan fingerprint density at radius 1 is 1.23 bits per heavy atom. The van der Waals surface area contributed by atoms with E-state index in [1.165, 1.54) is 16.3 Å². The topological polar surface area (TPSA) is 50.2 Å². The SMILES string of the molecule is Cn1cc(C2CCCN(C(=O)NCc3cccc4ccccc34)C2)cn1. The molecule has 0 aliphatic carbocycles. The summed E-state index contributed by atoms with van der Waals surface area (Å²) in [5.41, 5.74) is 2.37. The first-order valence-electron chi connectivity index (χ1n) is 9.18. The molecule has 3 aromatic rings. The van der Waals surface area contributed by atoms with E-state index in [-0.39, 0.29) is 6.03 Å². The van der Waals surface area contributed by atoms with Crippen LogP contribution in [0, 0.1) is 0 Å². The molecule has 2 amide bonds. The minimum Gasteiger partial charge on any atom is -0.334 e. The quantitative estimate of drug-likeness (QED) is 0.785. The zero-order chi connectivity index (χ0) is 17.9. The van der Waals surface area contributed by atoms with Crippen molar-refractivity contribution in [3.05, 3.63) is 66.0 Å². The molecule has 1 aliphatic heterocycles. The highest BCUT2D eigenvalue weighted by Gasteiger charge is 2.25. The van der Waals surface area contributed by atoms with Crippen LogP contribution < -0.4 is 5.32 Å². The number of nitrogens with zero attached hydrogens (tertiary/aromatic N) is 3.